The smallest absolute Gasteiger partial charge is 0.0934 e. The van der Waals surface area contributed by atoms with Gasteiger partial charge in [0.2, 0.25) is 0 Å². The first-order chi connectivity index (χ1) is 12.2. The Morgan fingerprint density at radius 3 is 3.00 bits per heavy atom. The number of nitrogens with zero attached hydrogens (tertiary/aromatic N) is 1. The summed E-state index contributed by atoms with van der Waals surface area (Å²) < 4.78 is 0.811. The molecule has 1 aliphatic rings. The van der Waals surface area contributed by atoms with Crippen LogP contribution in [-0.4, -0.2) is 28.0 Å². The summed E-state index contributed by atoms with van der Waals surface area (Å²) in [4.78, 5) is 1.33. The van der Waals surface area contributed by atoms with Crippen molar-refractivity contribution in [2.24, 2.45) is 0 Å². The summed E-state index contributed by atoms with van der Waals surface area (Å²) in [6, 6.07) is 10.9. The number of piperidine rings is 1. The van der Waals surface area contributed by atoms with Gasteiger partial charge in [0.15, 0.2) is 0 Å². The Morgan fingerprint density at radius 2 is 2.16 bits per heavy atom. The highest BCUT2D eigenvalue weighted by Crippen LogP contribution is 2.43. The molecule has 0 saturated carbocycles. The molecule has 0 radical (unpaired) electrons. The fourth-order valence-electron chi connectivity index (χ4n) is 4.01. The van der Waals surface area contributed by atoms with Gasteiger partial charge in [-0.15, -0.1) is 11.3 Å². The Balaban J connectivity index is 1.66. The maximum atomic E-state index is 9.36. The van der Waals surface area contributed by atoms with Crippen molar-refractivity contribution in [3.63, 3.8) is 0 Å². The van der Waals surface area contributed by atoms with Gasteiger partial charge in [-0.05, 0) is 49.8 Å². The third-order valence-corrected chi connectivity index (χ3v) is 6.51. The standard InChI is InChI=1S/C19H22ClN3OS/c1-11-8-13(19-12(6-7-24)10-17(20)25-19)9-16(21-11)18-14-4-2-3-5-15(14)22-23-18/h2-5,10-11,13,16,21,24H,6-9H2,1H3,(H,22,23). The number of hydrogen-bond donors (Lipinski definition) is 3. The largest absolute Gasteiger partial charge is 0.396 e. The Morgan fingerprint density at radius 1 is 1.32 bits per heavy atom. The molecule has 3 unspecified atom stereocenters. The first kappa shape index (κ1) is 17.0. The van der Waals surface area contributed by atoms with Gasteiger partial charge < -0.3 is 10.4 Å². The molecule has 0 spiro atoms. The zero-order valence-corrected chi connectivity index (χ0v) is 15.7. The topological polar surface area (TPSA) is 60.9 Å². The summed E-state index contributed by atoms with van der Waals surface area (Å²) in [7, 11) is 0. The molecule has 2 aromatic heterocycles. The number of benzene rings is 1. The van der Waals surface area contributed by atoms with Gasteiger partial charge in [0.25, 0.3) is 0 Å². The second-order valence-corrected chi connectivity index (χ2v) is 8.57. The molecule has 25 heavy (non-hydrogen) atoms. The second-order valence-electron chi connectivity index (χ2n) is 6.86. The maximum Gasteiger partial charge on any atom is 0.0934 e. The van der Waals surface area contributed by atoms with E-state index in [-0.39, 0.29) is 12.6 Å². The van der Waals surface area contributed by atoms with Crippen molar-refractivity contribution < 1.29 is 5.11 Å². The summed E-state index contributed by atoms with van der Waals surface area (Å²) in [5.41, 5.74) is 3.37. The number of hydrogen-bond acceptors (Lipinski definition) is 4. The number of aliphatic hydroxyl groups excluding tert-OH is 1. The number of thiophene rings is 1. The predicted molar refractivity (Wildman–Crippen MR) is 104 cm³/mol. The first-order valence-electron chi connectivity index (χ1n) is 8.73. The minimum atomic E-state index is 0.161. The average Bonchev–Trinajstić information content (AvgIpc) is 3.18. The van der Waals surface area contributed by atoms with Crippen LogP contribution in [0.3, 0.4) is 0 Å². The lowest BCUT2D eigenvalue weighted by atomic mass is 9.84. The molecule has 3 heterocycles. The van der Waals surface area contributed by atoms with Crippen molar-refractivity contribution in [2.75, 3.05) is 6.61 Å². The van der Waals surface area contributed by atoms with E-state index in [9.17, 15) is 5.11 Å². The monoisotopic (exact) mass is 375 g/mol. The zero-order valence-electron chi connectivity index (χ0n) is 14.1. The molecule has 1 saturated heterocycles. The summed E-state index contributed by atoms with van der Waals surface area (Å²) in [6.45, 7) is 2.39. The van der Waals surface area contributed by atoms with Crippen molar-refractivity contribution in [3.8, 4) is 0 Å². The summed E-state index contributed by atoms with van der Waals surface area (Å²) in [6.07, 6.45) is 2.75. The van der Waals surface area contributed by atoms with Crippen LogP contribution in [0.5, 0.6) is 0 Å². The molecule has 4 rings (SSSR count). The van der Waals surface area contributed by atoms with Crippen LogP contribution in [0.15, 0.2) is 30.3 Å². The zero-order chi connectivity index (χ0) is 17.4. The van der Waals surface area contributed by atoms with E-state index in [0.29, 0.717) is 18.4 Å². The van der Waals surface area contributed by atoms with E-state index in [4.69, 9.17) is 11.6 Å². The number of halogens is 1. The normalized spacial score (nSPS) is 24.0. The number of aromatic nitrogens is 2. The van der Waals surface area contributed by atoms with Crippen molar-refractivity contribution in [1.82, 2.24) is 15.5 Å². The third kappa shape index (κ3) is 3.34. The number of para-hydroxylation sites is 1. The fraction of sp³-hybridized carbons (Fsp3) is 0.421. The van der Waals surface area contributed by atoms with E-state index in [1.165, 1.54) is 15.8 Å². The minimum absolute atomic E-state index is 0.161. The lowest BCUT2D eigenvalue weighted by Crippen LogP contribution is -2.38. The third-order valence-electron chi connectivity index (χ3n) is 5.04. The highest BCUT2D eigenvalue weighted by molar-refractivity contribution is 7.16. The number of H-pyrrole nitrogens is 1. The minimum Gasteiger partial charge on any atom is -0.396 e. The predicted octanol–water partition coefficient (Wildman–Crippen LogP) is 4.41. The highest BCUT2D eigenvalue weighted by atomic mass is 35.5. The van der Waals surface area contributed by atoms with E-state index in [1.54, 1.807) is 11.3 Å². The quantitative estimate of drug-likeness (QED) is 0.633. The summed E-state index contributed by atoms with van der Waals surface area (Å²) >= 11 is 7.94. The van der Waals surface area contributed by atoms with Gasteiger partial charge in [-0.1, -0.05) is 29.8 Å². The van der Waals surface area contributed by atoms with Gasteiger partial charge in [0.1, 0.15) is 0 Å². The highest BCUT2D eigenvalue weighted by Gasteiger charge is 2.32. The number of fused-ring (bicyclic) bond motifs is 1. The summed E-state index contributed by atoms with van der Waals surface area (Å²) in [5, 5.41) is 22.0. The molecule has 0 bridgehead atoms. The number of aromatic amines is 1. The molecule has 3 N–H and O–H groups in total. The van der Waals surface area contributed by atoms with E-state index in [1.807, 2.05) is 12.1 Å². The van der Waals surface area contributed by atoms with Crippen LogP contribution >= 0.6 is 22.9 Å². The van der Waals surface area contributed by atoms with Crippen molar-refractivity contribution in [1.29, 1.82) is 0 Å². The van der Waals surface area contributed by atoms with Crippen LogP contribution < -0.4 is 5.32 Å². The first-order valence-corrected chi connectivity index (χ1v) is 9.93. The van der Waals surface area contributed by atoms with Gasteiger partial charge in [-0.3, -0.25) is 5.10 Å². The van der Waals surface area contributed by atoms with E-state index >= 15 is 0 Å². The molecule has 1 aliphatic heterocycles. The molecule has 132 valence electrons. The molecule has 3 aromatic rings. The Kier molecular flexibility index (Phi) is 4.82. The molecule has 3 atom stereocenters. The molecule has 4 nitrogen and oxygen atoms in total. The Bertz CT molecular complexity index is 875. The molecular formula is C19H22ClN3OS. The second kappa shape index (κ2) is 7.08. The Hall–Kier alpha value is -1.40. The van der Waals surface area contributed by atoms with Crippen LogP contribution in [0, 0.1) is 0 Å². The maximum absolute atomic E-state index is 9.36. The SMILES string of the molecule is CC1CC(c2sc(Cl)cc2CCO)CC(c2n[nH]c3ccccc23)N1. The van der Waals surface area contributed by atoms with Crippen LogP contribution in [0.25, 0.3) is 10.9 Å². The van der Waals surface area contributed by atoms with Crippen LogP contribution in [0.4, 0.5) is 0 Å². The molecule has 6 heteroatoms. The average molecular weight is 376 g/mol. The lowest BCUT2D eigenvalue weighted by Gasteiger charge is -2.34. The number of aliphatic hydroxyl groups is 1. The van der Waals surface area contributed by atoms with Crippen LogP contribution in [-0.2, 0) is 6.42 Å². The van der Waals surface area contributed by atoms with Crippen LogP contribution in [0.2, 0.25) is 4.34 Å². The number of rotatable bonds is 4. The fourth-order valence-corrected chi connectivity index (χ4v) is 5.46. The van der Waals surface area contributed by atoms with E-state index in [2.05, 4.69) is 40.6 Å². The van der Waals surface area contributed by atoms with Gasteiger partial charge in [0, 0.05) is 22.9 Å². The van der Waals surface area contributed by atoms with Crippen LogP contribution in [0.1, 0.15) is 47.9 Å². The number of nitrogens with one attached hydrogen (secondary N) is 2. The Labute approximate surface area is 156 Å². The lowest BCUT2D eigenvalue weighted by molar-refractivity contribution is 0.294. The van der Waals surface area contributed by atoms with E-state index < -0.39 is 0 Å². The van der Waals surface area contributed by atoms with Crippen molar-refractivity contribution >= 4 is 33.8 Å². The van der Waals surface area contributed by atoms with Gasteiger partial charge in [0.05, 0.1) is 21.6 Å². The molecule has 0 amide bonds. The molecule has 0 aliphatic carbocycles. The molecule has 1 aromatic carbocycles. The van der Waals surface area contributed by atoms with Crippen molar-refractivity contribution in [2.45, 2.75) is 44.2 Å². The van der Waals surface area contributed by atoms with Gasteiger partial charge in [-0.25, -0.2) is 0 Å². The van der Waals surface area contributed by atoms with Gasteiger partial charge in [-0.2, -0.15) is 5.10 Å². The van der Waals surface area contributed by atoms with Gasteiger partial charge >= 0.3 is 0 Å². The molecular weight excluding hydrogens is 354 g/mol. The summed E-state index contributed by atoms with van der Waals surface area (Å²) in [5.74, 6) is 0.441. The van der Waals surface area contributed by atoms with E-state index in [0.717, 1.165) is 28.4 Å². The van der Waals surface area contributed by atoms with Crippen molar-refractivity contribution in [3.05, 3.63) is 50.8 Å². The molecule has 1 fully saturated rings.